The Bertz CT molecular complexity index is 278. The minimum atomic E-state index is -0.268. The van der Waals surface area contributed by atoms with Gasteiger partial charge in [-0.2, -0.15) is 0 Å². The molecule has 0 bridgehead atoms. The van der Waals surface area contributed by atoms with E-state index >= 15 is 0 Å². The van der Waals surface area contributed by atoms with E-state index in [-0.39, 0.29) is 18.2 Å². The van der Waals surface area contributed by atoms with Crippen LogP contribution in [0.1, 0.15) is 46.0 Å². The molecule has 0 radical (unpaired) electrons. The number of nitrogens with zero attached hydrogens (tertiary/aromatic N) is 1. The zero-order valence-corrected chi connectivity index (χ0v) is 11.6. The second-order valence-corrected chi connectivity index (χ2v) is 5.16. The van der Waals surface area contributed by atoms with E-state index in [2.05, 4.69) is 11.8 Å². The Labute approximate surface area is 110 Å². The number of carbonyl (C=O) groups excluding carboxylic acids is 2. The highest BCUT2D eigenvalue weighted by atomic mass is 16.5. The van der Waals surface area contributed by atoms with Gasteiger partial charge in [-0.3, -0.25) is 14.5 Å². The first-order valence-corrected chi connectivity index (χ1v) is 7.01. The first kappa shape index (κ1) is 15.2. The monoisotopic (exact) mass is 255 g/mol. The van der Waals surface area contributed by atoms with Gasteiger partial charge in [0, 0.05) is 6.42 Å². The van der Waals surface area contributed by atoms with Gasteiger partial charge in [0.1, 0.15) is 5.78 Å². The molecule has 18 heavy (non-hydrogen) atoms. The molecular formula is C14H25NO3. The van der Waals surface area contributed by atoms with Crippen LogP contribution in [0.5, 0.6) is 0 Å². The van der Waals surface area contributed by atoms with Gasteiger partial charge in [-0.15, -0.1) is 0 Å². The molecule has 1 atom stereocenters. The molecule has 0 N–H and O–H groups in total. The third kappa shape index (κ3) is 6.15. The molecule has 0 amide bonds. The van der Waals surface area contributed by atoms with Gasteiger partial charge in [0.2, 0.25) is 0 Å². The van der Waals surface area contributed by atoms with Crippen molar-refractivity contribution in [2.75, 3.05) is 26.2 Å². The lowest BCUT2D eigenvalue weighted by atomic mass is 10.0. The Morgan fingerprint density at radius 3 is 2.72 bits per heavy atom. The predicted octanol–water partition coefficient (Wildman–Crippen LogP) is 2.02. The fraction of sp³-hybridized carbons (Fsp3) is 0.857. The molecule has 0 saturated carbocycles. The van der Waals surface area contributed by atoms with Gasteiger partial charge >= 0.3 is 5.97 Å². The second-order valence-electron chi connectivity index (χ2n) is 5.16. The largest absolute Gasteiger partial charge is 0.466 e. The quantitative estimate of drug-likeness (QED) is 0.681. The Morgan fingerprint density at radius 2 is 2.00 bits per heavy atom. The molecule has 1 aliphatic heterocycles. The van der Waals surface area contributed by atoms with E-state index < -0.39 is 0 Å². The molecule has 1 saturated heterocycles. The molecule has 1 rings (SSSR count). The van der Waals surface area contributed by atoms with E-state index in [1.807, 2.05) is 0 Å². The molecule has 4 heteroatoms. The maximum atomic E-state index is 11.8. The van der Waals surface area contributed by atoms with Crippen LogP contribution >= 0.6 is 0 Å². The molecule has 1 unspecified atom stereocenters. The summed E-state index contributed by atoms with van der Waals surface area (Å²) >= 11 is 0. The van der Waals surface area contributed by atoms with Crippen molar-refractivity contribution in [1.29, 1.82) is 0 Å². The van der Waals surface area contributed by atoms with Crippen molar-refractivity contribution in [2.24, 2.45) is 5.92 Å². The van der Waals surface area contributed by atoms with Crippen molar-refractivity contribution < 1.29 is 14.3 Å². The SMILES string of the molecule is CCOC(=O)CCC(=O)CN1CCCC(C)CC1. The van der Waals surface area contributed by atoms with E-state index in [0.717, 1.165) is 19.0 Å². The summed E-state index contributed by atoms with van der Waals surface area (Å²) < 4.78 is 4.81. The third-order valence-corrected chi connectivity index (χ3v) is 3.42. The molecule has 0 aromatic carbocycles. The third-order valence-electron chi connectivity index (χ3n) is 3.42. The van der Waals surface area contributed by atoms with Gasteiger partial charge in [-0.25, -0.2) is 0 Å². The standard InChI is InChI=1S/C14H25NO3/c1-3-18-14(17)7-6-13(16)11-15-9-4-5-12(2)8-10-15/h12H,3-11H2,1-2H3. The highest BCUT2D eigenvalue weighted by Crippen LogP contribution is 2.16. The number of esters is 1. The minimum absolute atomic E-state index is 0.151. The summed E-state index contributed by atoms with van der Waals surface area (Å²) in [7, 11) is 0. The zero-order valence-electron chi connectivity index (χ0n) is 11.6. The lowest BCUT2D eigenvalue weighted by Crippen LogP contribution is -2.31. The maximum Gasteiger partial charge on any atom is 0.306 e. The van der Waals surface area contributed by atoms with E-state index in [1.165, 1.54) is 19.3 Å². The van der Waals surface area contributed by atoms with Crippen LogP contribution < -0.4 is 0 Å². The van der Waals surface area contributed by atoms with Gasteiger partial charge < -0.3 is 4.74 Å². The van der Waals surface area contributed by atoms with Crippen molar-refractivity contribution >= 4 is 11.8 Å². The van der Waals surface area contributed by atoms with Crippen molar-refractivity contribution in [2.45, 2.75) is 46.0 Å². The highest BCUT2D eigenvalue weighted by molar-refractivity contribution is 5.84. The summed E-state index contributed by atoms with van der Waals surface area (Å²) in [6.45, 7) is 6.94. The van der Waals surface area contributed by atoms with E-state index in [0.29, 0.717) is 19.6 Å². The number of likely N-dealkylation sites (tertiary alicyclic amines) is 1. The van der Waals surface area contributed by atoms with E-state index in [4.69, 9.17) is 4.74 Å². The number of Topliss-reactive ketones (excluding diaryl/α,β-unsaturated/α-hetero) is 1. The van der Waals surface area contributed by atoms with Gasteiger partial charge in [0.05, 0.1) is 19.6 Å². The Balaban J connectivity index is 2.20. The van der Waals surface area contributed by atoms with Crippen molar-refractivity contribution in [3.05, 3.63) is 0 Å². The highest BCUT2D eigenvalue weighted by Gasteiger charge is 2.16. The zero-order chi connectivity index (χ0) is 13.4. The average Bonchev–Trinajstić information content (AvgIpc) is 2.52. The normalized spacial score (nSPS) is 21.3. The first-order valence-electron chi connectivity index (χ1n) is 7.01. The van der Waals surface area contributed by atoms with Crippen LogP contribution in [0.4, 0.5) is 0 Å². The van der Waals surface area contributed by atoms with Crippen LogP contribution in [0.25, 0.3) is 0 Å². The topological polar surface area (TPSA) is 46.6 Å². The van der Waals surface area contributed by atoms with E-state index in [9.17, 15) is 9.59 Å². The van der Waals surface area contributed by atoms with Crippen LogP contribution in [-0.2, 0) is 14.3 Å². The van der Waals surface area contributed by atoms with Crippen LogP contribution in [0.15, 0.2) is 0 Å². The lowest BCUT2D eigenvalue weighted by molar-refractivity contribution is -0.144. The van der Waals surface area contributed by atoms with Gasteiger partial charge in [-0.1, -0.05) is 6.92 Å². The molecule has 1 aliphatic rings. The minimum Gasteiger partial charge on any atom is -0.466 e. The molecular weight excluding hydrogens is 230 g/mol. The molecule has 0 aliphatic carbocycles. The number of hydrogen-bond acceptors (Lipinski definition) is 4. The van der Waals surface area contributed by atoms with Crippen molar-refractivity contribution in [1.82, 2.24) is 4.90 Å². The summed E-state index contributed by atoms with van der Waals surface area (Å²) in [5, 5.41) is 0. The molecule has 0 aromatic heterocycles. The molecule has 0 spiro atoms. The smallest absolute Gasteiger partial charge is 0.306 e. The van der Waals surface area contributed by atoms with Crippen LogP contribution in [0.2, 0.25) is 0 Å². The van der Waals surface area contributed by atoms with Crippen molar-refractivity contribution in [3.8, 4) is 0 Å². The van der Waals surface area contributed by atoms with E-state index in [1.54, 1.807) is 6.92 Å². The van der Waals surface area contributed by atoms with Crippen LogP contribution in [0.3, 0.4) is 0 Å². The van der Waals surface area contributed by atoms with Crippen molar-refractivity contribution in [3.63, 3.8) is 0 Å². The van der Waals surface area contributed by atoms with Gasteiger partial charge in [0.15, 0.2) is 0 Å². The summed E-state index contributed by atoms with van der Waals surface area (Å²) in [4.78, 5) is 25.1. The second kappa shape index (κ2) is 8.25. The maximum absolute atomic E-state index is 11.8. The number of rotatable bonds is 6. The lowest BCUT2D eigenvalue weighted by Gasteiger charge is -2.18. The fourth-order valence-electron chi connectivity index (χ4n) is 2.28. The molecule has 1 heterocycles. The average molecular weight is 255 g/mol. The van der Waals surface area contributed by atoms with Gasteiger partial charge in [-0.05, 0) is 45.2 Å². The summed E-state index contributed by atoms with van der Waals surface area (Å²) in [6, 6.07) is 0. The predicted molar refractivity (Wildman–Crippen MR) is 70.3 cm³/mol. The Hall–Kier alpha value is -0.900. The number of hydrogen-bond donors (Lipinski definition) is 0. The first-order chi connectivity index (χ1) is 8.61. The summed E-state index contributed by atoms with van der Waals surface area (Å²) in [5.41, 5.74) is 0. The van der Waals surface area contributed by atoms with Crippen LogP contribution in [0, 0.1) is 5.92 Å². The number of carbonyl (C=O) groups is 2. The Morgan fingerprint density at radius 1 is 1.22 bits per heavy atom. The molecule has 104 valence electrons. The number of ether oxygens (including phenoxy) is 1. The Kier molecular flexibility index (Phi) is 6.94. The van der Waals surface area contributed by atoms with Gasteiger partial charge in [0.25, 0.3) is 0 Å². The fourth-order valence-corrected chi connectivity index (χ4v) is 2.28. The van der Waals surface area contributed by atoms with Crippen LogP contribution in [-0.4, -0.2) is 42.9 Å². The summed E-state index contributed by atoms with van der Waals surface area (Å²) in [5.74, 6) is 0.651. The molecule has 1 fully saturated rings. The molecule has 4 nitrogen and oxygen atoms in total. The summed E-state index contributed by atoms with van der Waals surface area (Å²) in [6.07, 6.45) is 4.13. The number of ketones is 1. The molecule has 0 aromatic rings.